The molecule has 2 saturated carbocycles. The summed E-state index contributed by atoms with van der Waals surface area (Å²) in [5, 5.41) is 0. The molecule has 2 N–H and O–H groups in total. The Morgan fingerprint density at radius 1 is 1.05 bits per heavy atom. The van der Waals surface area contributed by atoms with E-state index in [2.05, 4.69) is 11.8 Å². The Kier molecular flexibility index (Phi) is 4.72. The molecule has 3 aliphatic rings. The van der Waals surface area contributed by atoms with Gasteiger partial charge in [-0.1, -0.05) is 39.0 Å². The third kappa shape index (κ3) is 2.66. The van der Waals surface area contributed by atoms with Crippen molar-refractivity contribution in [3.63, 3.8) is 0 Å². The molecule has 2 heteroatoms. The van der Waals surface area contributed by atoms with Crippen LogP contribution in [0.1, 0.15) is 77.6 Å². The number of rotatable bonds is 4. The number of likely N-dealkylation sites (tertiary alicyclic amines) is 1. The second kappa shape index (κ2) is 6.36. The molecule has 0 bridgehead atoms. The van der Waals surface area contributed by atoms with Gasteiger partial charge >= 0.3 is 0 Å². The van der Waals surface area contributed by atoms with Gasteiger partial charge in [0.25, 0.3) is 0 Å². The van der Waals surface area contributed by atoms with E-state index in [1.165, 1.54) is 83.7 Å². The summed E-state index contributed by atoms with van der Waals surface area (Å²) in [6, 6.07) is 0.442. The lowest BCUT2D eigenvalue weighted by Crippen LogP contribution is -2.60. The highest BCUT2D eigenvalue weighted by molar-refractivity contribution is 5.06. The van der Waals surface area contributed by atoms with Crippen LogP contribution in [-0.4, -0.2) is 29.6 Å². The molecule has 0 aromatic rings. The topological polar surface area (TPSA) is 29.3 Å². The smallest absolute Gasteiger partial charge is 0.0363 e. The van der Waals surface area contributed by atoms with Crippen molar-refractivity contribution in [1.82, 2.24) is 4.90 Å². The van der Waals surface area contributed by atoms with Crippen molar-refractivity contribution in [2.45, 2.75) is 89.1 Å². The minimum absolute atomic E-state index is 0.386. The molecule has 0 amide bonds. The van der Waals surface area contributed by atoms with Crippen LogP contribution in [0, 0.1) is 11.8 Å². The van der Waals surface area contributed by atoms with Gasteiger partial charge in [0.1, 0.15) is 0 Å². The van der Waals surface area contributed by atoms with Crippen LogP contribution in [0.3, 0.4) is 0 Å². The van der Waals surface area contributed by atoms with Crippen LogP contribution < -0.4 is 5.73 Å². The molecule has 2 nitrogen and oxygen atoms in total. The van der Waals surface area contributed by atoms with Crippen LogP contribution in [-0.2, 0) is 0 Å². The molecule has 1 aliphatic heterocycles. The minimum atomic E-state index is 0.386. The molecule has 0 aromatic carbocycles. The van der Waals surface area contributed by atoms with Gasteiger partial charge in [-0.15, -0.1) is 0 Å². The van der Waals surface area contributed by atoms with Crippen molar-refractivity contribution in [3.8, 4) is 0 Å². The minimum Gasteiger partial charge on any atom is -0.326 e. The van der Waals surface area contributed by atoms with E-state index in [4.69, 9.17) is 5.73 Å². The van der Waals surface area contributed by atoms with Gasteiger partial charge in [0.15, 0.2) is 0 Å². The lowest BCUT2D eigenvalue weighted by atomic mass is 9.70. The van der Waals surface area contributed by atoms with E-state index in [-0.39, 0.29) is 0 Å². The predicted molar refractivity (Wildman–Crippen MR) is 85.7 cm³/mol. The molecular weight excluding hydrogens is 244 g/mol. The summed E-state index contributed by atoms with van der Waals surface area (Å²) in [5.41, 5.74) is 7.33. The zero-order valence-corrected chi connectivity index (χ0v) is 13.4. The Bertz CT molecular complexity index is 303. The fraction of sp³-hybridized carbons (Fsp3) is 1.00. The van der Waals surface area contributed by atoms with E-state index >= 15 is 0 Å². The zero-order valence-electron chi connectivity index (χ0n) is 13.4. The maximum absolute atomic E-state index is 6.94. The van der Waals surface area contributed by atoms with Crippen molar-refractivity contribution >= 4 is 0 Å². The Morgan fingerprint density at radius 2 is 1.75 bits per heavy atom. The van der Waals surface area contributed by atoms with E-state index in [1.807, 2.05) is 0 Å². The third-order valence-electron chi connectivity index (χ3n) is 6.73. The van der Waals surface area contributed by atoms with Gasteiger partial charge in [-0.2, -0.15) is 0 Å². The molecule has 20 heavy (non-hydrogen) atoms. The van der Waals surface area contributed by atoms with Crippen molar-refractivity contribution in [2.75, 3.05) is 13.1 Å². The molecule has 1 saturated heterocycles. The highest BCUT2D eigenvalue weighted by Gasteiger charge is 2.48. The first kappa shape index (κ1) is 14.8. The Hall–Kier alpha value is -0.0800. The SMILES string of the molecule is CCC1CCCC(C(N)C2(N3CCCC3)CCCC2)C1. The zero-order chi connectivity index (χ0) is 14.0. The maximum Gasteiger partial charge on any atom is 0.0363 e. The largest absolute Gasteiger partial charge is 0.326 e. The van der Waals surface area contributed by atoms with Crippen molar-refractivity contribution in [3.05, 3.63) is 0 Å². The first-order valence-corrected chi connectivity index (χ1v) is 9.27. The maximum atomic E-state index is 6.94. The first-order chi connectivity index (χ1) is 9.76. The molecule has 3 fully saturated rings. The van der Waals surface area contributed by atoms with Crippen molar-refractivity contribution in [1.29, 1.82) is 0 Å². The summed E-state index contributed by atoms with van der Waals surface area (Å²) in [6.07, 6.45) is 15.4. The standard InChI is InChI=1S/C18H34N2/c1-2-15-8-7-9-16(14-15)17(19)18(10-3-4-11-18)20-12-5-6-13-20/h15-17H,2-14,19H2,1H3. The normalized spacial score (nSPS) is 36.3. The Morgan fingerprint density at radius 3 is 2.40 bits per heavy atom. The van der Waals surface area contributed by atoms with E-state index < -0.39 is 0 Å². The van der Waals surface area contributed by atoms with Crippen molar-refractivity contribution < 1.29 is 0 Å². The number of hydrogen-bond donors (Lipinski definition) is 1. The fourth-order valence-corrected chi connectivity index (χ4v) is 5.48. The highest BCUT2D eigenvalue weighted by Crippen LogP contribution is 2.44. The van der Waals surface area contributed by atoms with Gasteiger partial charge < -0.3 is 5.73 Å². The van der Waals surface area contributed by atoms with E-state index in [0.29, 0.717) is 11.6 Å². The predicted octanol–water partition coefficient (Wildman–Crippen LogP) is 3.94. The summed E-state index contributed by atoms with van der Waals surface area (Å²) >= 11 is 0. The van der Waals surface area contributed by atoms with Crippen LogP contribution in [0.4, 0.5) is 0 Å². The second-order valence-corrected chi connectivity index (χ2v) is 7.73. The van der Waals surface area contributed by atoms with Crippen LogP contribution in [0.2, 0.25) is 0 Å². The average molecular weight is 278 g/mol. The van der Waals surface area contributed by atoms with E-state index in [9.17, 15) is 0 Å². The van der Waals surface area contributed by atoms with Crippen LogP contribution in [0.5, 0.6) is 0 Å². The summed E-state index contributed by atoms with van der Waals surface area (Å²) in [6.45, 7) is 5.00. The molecule has 1 heterocycles. The third-order valence-corrected chi connectivity index (χ3v) is 6.73. The lowest BCUT2D eigenvalue weighted by Gasteiger charge is -2.48. The summed E-state index contributed by atoms with van der Waals surface area (Å²) in [4.78, 5) is 2.81. The van der Waals surface area contributed by atoms with Crippen LogP contribution in [0.25, 0.3) is 0 Å². The van der Waals surface area contributed by atoms with Gasteiger partial charge in [0, 0.05) is 11.6 Å². The van der Waals surface area contributed by atoms with Gasteiger partial charge in [-0.25, -0.2) is 0 Å². The summed E-state index contributed by atoms with van der Waals surface area (Å²) in [7, 11) is 0. The van der Waals surface area contributed by atoms with Crippen LogP contribution in [0.15, 0.2) is 0 Å². The molecule has 2 aliphatic carbocycles. The van der Waals surface area contributed by atoms with E-state index in [1.54, 1.807) is 0 Å². The Balaban J connectivity index is 1.73. The molecule has 3 unspecified atom stereocenters. The first-order valence-electron chi connectivity index (χ1n) is 9.27. The average Bonchev–Trinajstić information content (AvgIpc) is 3.18. The van der Waals surface area contributed by atoms with E-state index in [0.717, 1.165) is 11.8 Å². The monoisotopic (exact) mass is 278 g/mol. The van der Waals surface area contributed by atoms with Gasteiger partial charge in [0.05, 0.1) is 0 Å². The molecular formula is C18H34N2. The number of nitrogens with zero attached hydrogens (tertiary/aromatic N) is 1. The molecule has 0 aromatic heterocycles. The molecule has 3 atom stereocenters. The lowest BCUT2D eigenvalue weighted by molar-refractivity contribution is 0.0512. The summed E-state index contributed by atoms with van der Waals surface area (Å²) < 4.78 is 0. The fourth-order valence-electron chi connectivity index (χ4n) is 5.48. The van der Waals surface area contributed by atoms with Gasteiger partial charge in [-0.05, 0) is 63.5 Å². The highest BCUT2D eigenvalue weighted by atomic mass is 15.2. The summed E-state index contributed by atoms with van der Waals surface area (Å²) in [5.74, 6) is 1.75. The van der Waals surface area contributed by atoms with Crippen LogP contribution >= 0.6 is 0 Å². The quantitative estimate of drug-likeness (QED) is 0.844. The molecule has 0 radical (unpaired) electrons. The van der Waals surface area contributed by atoms with Gasteiger partial charge in [0.2, 0.25) is 0 Å². The number of hydrogen-bond acceptors (Lipinski definition) is 2. The number of nitrogens with two attached hydrogens (primary N) is 1. The molecule has 116 valence electrons. The van der Waals surface area contributed by atoms with Gasteiger partial charge in [-0.3, -0.25) is 4.90 Å². The second-order valence-electron chi connectivity index (χ2n) is 7.73. The Labute approximate surface area is 125 Å². The molecule has 0 spiro atoms. The van der Waals surface area contributed by atoms with Crippen molar-refractivity contribution in [2.24, 2.45) is 17.6 Å². The molecule has 3 rings (SSSR count).